The fraction of sp³-hybridized carbons (Fsp3) is 0.400. The molecule has 1 aliphatic rings. The molecule has 0 heterocycles. The zero-order chi connectivity index (χ0) is 15.4. The smallest absolute Gasteiger partial charge is 0.0373 e. The first-order valence-corrected chi connectivity index (χ1v) is 8.39. The van der Waals surface area contributed by atoms with Gasteiger partial charge in [0.1, 0.15) is 0 Å². The fourth-order valence-electron chi connectivity index (χ4n) is 4.00. The van der Waals surface area contributed by atoms with Crippen LogP contribution in [-0.2, 0) is 11.8 Å². The first-order chi connectivity index (χ1) is 10.7. The summed E-state index contributed by atoms with van der Waals surface area (Å²) in [5, 5.41) is 0. The molecule has 0 aliphatic heterocycles. The van der Waals surface area contributed by atoms with Crippen LogP contribution >= 0.6 is 0 Å². The Labute approximate surface area is 133 Å². The Morgan fingerprint density at radius 1 is 0.818 bits per heavy atom. The van der Waals surface area contributed by atoms with Gasteiger partial charge in [-0.15, -0.1) is 0 Å². The van der Waals surface area contributed by atoms with Crippen molar-refractivity contribution in [1.29, 1.82) is 0 Å². The summed E-state index contributed by atoms with van der Waals surface area (Å²) in [7, 11) is 0. The zero-order valence-electron chi connectivity index (χ0n) is 13.2. The number of nitrogen functional groups attached to an aromatic ring is 2. The van der Waals surface area contributed by atoms with Crippen LogP contribution in [0.3, 0.4) is 0 Å². The van der Waals surface area contributed by atoms with Crippen molar-refractivity contribution >= 4 is 11.4 Å². The van der Waals surface area contributed by atoms with Crippen LogP contribution in [0.15, 0.2) is 48.5 Å². The quantitative estimate of drug-likeness (QED) is 0.637. The van der Waals surface area contributed by atoms with E-state index >= 15 is 0 Å². The summed E-state index contributed by atoms with van der Waals surface area (Å²) in [6.45, 7) is 0. The van der Waals surface area contributed by atoms with Crippen molar-refractivity contribution in [3.05, 3.63) is 59.7 Å². The lowest BCUT2D eigenvalue weighted by Crippen LogP contribution is -2.29. The predicted molar refractivity (Wildman–Crippen MR) is 94.8 cm³/mol. The molecule has 0 spiro atoms. The van der Waals surface area contributed by atoms with E-state index in [4.69, 9.17) is 11.5 Å². The molecule has 0 aromatic heterocycles. The predicted octanol–water partition coefficient (Wildman–Crippen LogP) is 4.69. The number of nitrogens with two attached hydrogens (primary N) is 2. The highest BCUT2D eigenvalue weighted by Crippen LogP contribution is 2.43. The maximum absolute atomic E-state index is 6.36. The first-order valence-electron chi connectivity index (χ1n) is 8.39. The second-order valence-corrected chi connectivity index (χ2v) is 6.70. The van der Waals surface area contributed by atoms with Crippen molar-refractivity contribution < 1.29 is 0 Å². The molecule has 2 aromatic rings. The molecular weight excluding hydrogens is 268 g/mol. The molecule has 0 saturated heterocycles. The Morgan fingerprint density at radius 3 is 2.14 bits per heavy atom. The van der Waals surface area contributed by atoms with E-state index in [1.807, 2.05) is 12.1 Å². The van der Waals surface area contributed by atoms with Crippen molar-refractivity contribution in [2.24, 2.45) is 0 Å². The average Bonchev–Trinajstić information content (AvgIpc) is 2.74. The van der Waals surface area contributed by atoms with Gasteiger partial charge in [-0.2, -0.15) is 0 Å². The minimum absolute atomic E-state index is 0.162. The van der Waals surface area contributed by atoms with Crippen LogP contribution < -0.4 is 11.5 Å². The van der Waals surface area contributed by atoms with Gasteiger partial charge in [0, 0.05) is 16.8 Å². The van der Waals surface area contributed by atoms with Crippen LogP contribution in [0.25, 0.3) is 0 Å². The molecule has 1 aliphatic carbocycles. The second-order valence-electron chi connectivity index (χ2n) is 6.70. The van der Waals surface area contributed by atoms with Gasteiger partial charge < -0.3 is 11.5 Å². The van der Waals surface area contributed by atoms with E-state index in [2.05, 4.69) is 36.4 Å². The van der Waals surface area contributed by atoms with Crippen LogP contribution in [0.4, 0.5) is 11.4 Å². The highest BCUT2D eigenvalue weighted by molar-refractivity contribution is 5.59. The summed E-state index contributed by atoms with van der Waals surface area (Å²) in [5.41, 5.74) is 16.7. The van der Waals surface area contributed by atoms with Crippen molar-refractivity contribution in [1.82, 2.24) is 0 Å². The topological polar surface area (TPSA) is 52.0 Å². The van der Waals surface area contributed by atoms with E-state index in [0.717, 1.165) is 17.8 Å². The van der Waals surface area contributed by atoms with Crippen LogP contribution in [0.1, 0.15) is 49.7 Å². The lowest BCUT2D eigenvalue weighted by molar-refractivity contribution is 0.369. The molecule has 4 N–H and O–H groups in total. The SMILES string of the molecule is Nc1ccc(C2(Cc3ccccc3)CCCCCC2)c(N)c1. The Balaban J connectivity index is 2.02. The molecule has 0 amide bonds. The Bertz CT molecular complexity index is 611. The van der Waals surface area contributed by atoms with E-state index in [0.29, 0.717) is 0 Å². The molecule has 1 fully saturated rings. The Morgan fingerprint density at radius 2 is 1.50 bits per heavy atom. The molecule has 22 heavy (non-hydrogen) atoms. The van der Waals surface area contributed by atoms with Gasteiger partial charge in [0.2, 0.25) is 0 Å². The summed E-state index contributed by atoms with van der Waals surface area (Å²) >= 11 is 0. The molecular formula is C20H26N2. The summed E-state index contributed by atoms with van der Waals surface area (Å²) < 4.78 is 0. The number of hydrogen-bond donors (Lipinski definition) is 2. The van der Waals surface area contributed by atoms with Crippen LogP contribution in [0, 0.1) is 0 Å². The van der Waals surface area contributed by atoms with Crippen LogP contribution in [0.2, 0.25) is 0 Å². The highest BCUT2D eigenvalue weighted by atomic mass is 14.6. The fourth-order valence-corrected chi connectivity index (χ4v) is 4.00. The van der Waals surface area contributed by atoms with Crippen molar-refractivity contribution in [3.8, 4) is 0 Å². The summed E-state index contributed by atoms with van der Waals surface area (Å²) in [4.78, 5) is 0. The molecule has 3 rings (SSSR count). The summed E-state index contributed by atoms with van der Waals surface area (Å²) in [5.74, 6) is 0. The van der Waals surface area contributed by atoms with Gasteiger partial charge >= 0.3 is 0 Å². The van der Waals surface area contributed by atoms with Gasteiger partial charge in [0.25, 0.3) is 0 Å². The first kappa shape index (κ1) is 15.0. The van der Waals surface area contributed by atoms with Gasteiger partial charge in [0.15, 0.2) is 0 Å². The van der Waals surface area contributed by atoms with Gasteiger partial charge in [-0.25, -0.2) is 0 Å². The minimum Gasteiger partial charge on any atom is -0.399 e. The molecule has 2 nitrogen and oxygen atoms in total. The molecule has 116 valence electrons. The van der Waals surface area contributed by atoms with Gasteiger partial charge in [-0.3, -0.25) is 0 Å². The largest absolute Gasteiger partial charge is 0.399 e. The van der Waals surface area contributed by atoms with E-state index < -0.39 is 0 Å². The van der Waals surface area contributed by atoms with Crippen molar-refractivity contribution in [3.63, 3.8) is 0 Å². The molecule has 2 heteroatoms. The minimum atomic E-state index is 0.162. The summed E-state index contributed by atoms with van der Waals surface area (Å²) in [6, 6.07) is 16.9. The molecule has 1 saturated carbocycles. The second kappa shape index (κ2) is 6.43. The lowest BCUT2D eigenvalue weighted by atomic mass is 9.69. The number of benzene rings is 2. The van der Waals surface area contributed by atoms with Crippen LogP contribution in [0.5, 0.6) is 0 Å². The maximum Gasteiger partial charge on any atom is 0.0373 e. The maximum atomic E-state index is 6.36. The van der Waals surface area contributed by atoms with E-state index in [-0.39, 0.29) is 5.41 Å². The average molecular weight is 294 g/mol. The van der Waals surface area contributed by atoms with Crippen molar-refractivity contribution in [2.75, 3.05) is 11.5 Å². The third kappa shape index (κ3) is 3.11. The number of anilines is 2. The van der Waals surface area contributed by atoms with Gasteiger partial charge in [-0.1, -0.05) is 62.1 Å². The third-order valence-corrected chi connectivity index (χ3v) is 5.09. The van der Waals surface area contributed by atoms with Gasteiger partial charge in [-0.05, 0) is 42.5 Å². The number of rotatable bonds is 3. The number of hydrogen-bond acceptors (Lipinski definition) is 2. The molecule has 0 unspecified atom stereocenters. The molecule has 0 bridgehead atoms. The van der Waals surface area contributed by atoms with Crippen molar-refractivity contribution in [2.45, 2.75) is 50.4 Å². The third-order valence-electron chi connectivity index (χ3n) is 5.09. The summed E-state index contributed by atoms with van der Waals surface area (Å²) in [6.07, 6.45) is 8.76. The molecule has 0 atom stereocenters. The monoisotopic (exact) mass is 294 g/mol. The normalized spacial score (nSPS) is 17.8. The van der Waals surface area contributed by atoms with Crippen LogP contribution in [-0.4, -0.2) is 0 Å². The zero-order valence-corrected chi connectivity index (χ0v) is 13.2. The molecule has 2 aromatic carbocycles. The van der Waals surface area contributed by atoms with E-state index in [9.17, 15) is 0 Å². The lowest BCUT2D eigenvalue weighted by Gasteiger charge is -2.35. The van der Waals surface area contributed by atoms with E-state index in [1.165, 1.54) is 49.7 Å². The Hall–Kier alpha value is -1.96. The highest BCUT2D eigenvalue weighted by Gasteiger charge is 2.34. The molecule has 0 radical (unpaired) electrons. The van der Waals surface area contributed by atoms with Gasteiger partial charge in [0.05, 0.1) is 0 Å². The van der Waals surface area contributed by atoms with E-state index in [1.54, 1.807) is 0 Å². The Kier molecular flexibility index (Phi) is 4.37. The standard InChI is InChI=1S/C20H26N2/c21-17-10-11-18(19(22)14-17)20(12-6-1-2-7-13-20)15-16-8-4-3-5-9-16/h3-5,8-11,14H,1-2,6-7,12-13,15,21-22H2.